The predicted molar refractivity (Wildman–Crippen MR) is 125 cm³/mol. The second kappa shape index (κ2) is 9.14. The van der Waals surface area contributed by atoms with Crippen LogP contribution in [-0.4, -0.2) is 61.5 Å². The Kier molecular flexibility index (Phi) is 6.53. The summed E-state index contributed by atoms with van der Waals surface area (Å²) in [6, 6.07) is 6.90. The number of likely N-dealkylation sites (N-methyl/N-ethyl adjacent to an activating group) is 1. The Hall–Kier alpha value is -1.80. The number of para-hydroxylation sites is 1. The van der Waals surface area contributed by atoms with Crippen molar-refractivity contribution in [1.82, 2.24) is 4.90 Å². The van der Waals surface area contributed by atoms with Crippen molar-refractivity contribution in [3.8, 4) is 18.1 Å². The molecule has 1 saturated heterocycles. The number of hydrogen-bond acceptors (Lipinski definition) is 9. The number of esters is 1. The van der Waals surface area contributed by atoms with Crippen LogP contribution in [0, 0.1) is 12.3 Å². The minimum Gasteiger partial charge on any atom is -0.507 e. The Labute approximate surface area is 186 Å². The zero-order chi connectivity index (χ0) is 21.1. The molecule has 0 aromatic heterocycles. The summed E-state index contributed by atoms with van der Waals surface area (Å²) >= 11 is 3.24. The van der Waals surface area contributed by atoms with Gasteiger partial charge in [-0.3, -0.25) is 9.69 Å². The van der Waals surface area contributed by atoms with Crippen LogP contribution in [0.3, 0.4) is 0 Å². The van der Waals surface area contributed by atoms with Crippen molar-refractivity contribution < 1.29 is 14.6 Å². The minimum absolute atomic E-state index is 0.0776. The fourth-order valence-electron chi connectivity index (χ4n) is 3.20. The average molecular weight is 463 g/mol. The van der Waals surface area contributed by atoms with Gasteiger partial charge < -0.3 is 9.84 Å². The number of thioether (sulfide) groups is 2. The van der Waals surface area contributed by atoms with E-state index in [1.807, 2.05) is 24.1 Å². The summed E-state index contributed by atoms with van der Waals surface area (Å²) < 4.78 is 12.5. The summed E-state index contributed by atoms with van der Waals surface area (Å²) in [6.45, 7) is 0.291. The Morgan fingerprint density at radius 2 is 2.23 bits per heavy atom. The van der Waals surface area contributed by atoms with Crippen molar-refractivity contribution in [3.05, 3.63) is 29.8 Å². The van der Waals surface area contributed by atoms with Gasteiger partial charge in [0.2, 0.25) is 0 Å². The monoisotopic (exact) mass is 462 g/mol. The number of benzene rings is 1. The van der Waals surface area contributed by atoms with Gasteiger partial charge in [0.25, 0.3) is 0 Å². The zero-order valence-electron chi connectivity index (χ0n) is 16.4. The van der Waals surface area contributed by atoms with Gasteiger partial charge in [0.15, 0.2) is 5.66 Å². The molecule has 1 unspecified atom stereocenters. The van der Waals surface area contributed by atoms with Crippen LogP contribution in [0.5, 0.6) is 5.75 Å². The summed E-state index contributed by atoms with van der Waals surface area (Å²) in [5, 5.41) is 19.0. The number of nitrogens with zero attached hydrogens (tertiary/aromatic N) is 4. The van der Waals surface area contributed by atoms with Crippen molar-refractivity contribution in [3.63, 3.8) is 0 Å². The van der Waals surface area contributed by atoms with E-state index in [-0.39, 0.29) is 33.1 Å². The number of hydrogen-bond donors (Lipinski definition) is 1. The van der Waals surface area contributed by atoms with Crippen LogP contribution in [0.2, 0.25) is 0 Å². The van der Waals surface area contributed by atoms with E-state index in [1.165, 1.54) is 11.8 Å². The number of carbonyl (C=O) groups excluding carboxylic acids is 1. The number of carbonyl (C=O) groups is 1. The molecule has 7 nitrogen and oxygen atoms in total. The summed E-state index contributed by atoms with van der Waals surface area (Å²) in [7, 11) is 1.56. The molecule has 3 aliphatic heterocycles. The highest BCUT2D eigenvalue weighted by molar-refractivity contribution is 8.43. The number of aromatic hydroxyl groups is 1. The van der Waals surface area contributed by atoms with E-state index in [0.29, 0.717) is 31.6 Å². The molecule has 3 aliphatic rings. The molecule has 0 aliphatic carbocycles. The molecule has 0 radical (unpaired) electrons. The van der Waals surface area contributed by atoms with Crippen LogP contribution < -0.4 is 0 Å². The van der Waals surface area contributed by atoms with E-state index in [0.717, 1.165) is 10.6 Å². The largest absolute Gasteiger partial charge is 0.507 e. The first-order chi connectivity index (χ1) is 14.5. The van der Waals surface area contributed by atoms with E-state index in [9.17, 15) is 9.90 Å². The first-order valence-electron chi connectivity index (χ1n) is 9.50. The molecule has 1 fully saturated rings. The van der Waals surface area contributed by atoms with Gasteiger partial charge >= 0.3 is 5.97 Å². The lowest BCUT2D eigenvalue weighted by atomic mass is 10.1. The van der Waals surface area contributed by atoms with E-state index in [1.54, 1.807) is 23.9 Å². The van der Waals surface area contributed by atoms with Crippen LogP contribution in [0.25, 0.3) is 0 Å². The Bertz CT molecular complexity index is 966. The summed E-state index contributed by atoms with van der Waals surface area (Å²) in [4.78, 5) is 14.7. The predicted octanol–water partition coefficient (Wildman–Crippen LogP) is 3.67. The van der Waals surface area contributed by atoms with E-state index in [2.05, 4.69) is 20.8 Å². The number of terminal acetylenes is 1. The molecule has 1 aromatic rings. The van der Waals surface area contributed by atoms with Crippen molar-refractivity contribution >= 4 is 49.9 Å². The number of phenols is 1. The summed E-state index contributed by atoms with van der Waals surface area (Å²) in [5.74, 6) is 3.27. The minimum atomic E-state index is -0.433. The second-order valence-corrected chi connectivity index (χ2v) is 11.2. The van der Waals surface area contributed by atoms with Crippen LogP contribution >= 0.6 is 34.2 Å². The van der Waals surface area contributed by atoms with Crippen LogP contribution in [-0.2, 0) is 9.53 Å². The standard InChI is InChI=1S/C20H22N4O3S3/c1-3-4-9-20(22-23-20)10-11-27-18(26)15-12-28-19(24(15)2)30-13-29-17(21-30)14-7-5-6-8-16(14)25/h1,5-8,13,15,19,25H,4,9-12H2,2H3/t15-,19+,30?/m1/s1. The Morgan fingerprint density at radius 1 is 1.43 bits per heavy atom. The molecule has 30 heavy (non-hydrogen) atoms. The highest BCUT2D eigenvalue weighted by Gasteiger charge is 2.41. The third-order valence-electron chi connectivity index (χ3n) is 5.08. The highest BCUT2D eigenvalue weighted by Crippen LogP contribution is 2.45. The van der Waals surface area contributed by atoms with Gasteiger partial charge in [0, 0.05) is 35.3 Å². The maximum absolute atomic E-state index is 12.6. The molecule has 10 heteroatoms. The lowest BCUT2D eigenvalue weighted by Crippen LogP contribution is -2.39. The number of rotatable bonds is 8. The molecule has 3 atom stereocenters. The van der Waals surface area contributed by atoms with Gasteiger partial charge in [0.05, 0.1) is 6.61 Å². The lowest BCUT2D eigenvalue weighted by molar-refractivity contribution is -0.148. The molecule has 0 bridgehead atoms. The third kappa shape index (κ3) is 4.59. The molecule has 3 heterocycles. The van der Waals surface area contributed by atoms with E-state index in [4.69, 9.17) is 15.6 Å². The lowest BCUT2D eigenvalue weighted by Gasteiger charge is -2.23. The van der Waals surface area contributed by atoms with E-state index >= 15 is 0 Å². The van der Waals surface area contributed by atoms with Gasteiger partial charge in [-0.1, -0.05) is 23.9 Å². The van der Waals surface area contributed by atoms with Crippen molar-refractivity contribution in [2.75, 3.05) is 19.4 Å². The van der Waals surface area contributed by atoms with Crippen LogP contribution in [0.4, 0.5) is 0 Å². The van der Waals surface area contributed by atoms with Gasteiger partial charge in [-0.25, -0.2) is 4.40 Å². The van der Waals surface area contributed by atoms with Crippen molar-refractivity contribution in [2.45, 2.75) is 35.7 Å². The Morgan fingerprint density at radius 3 is 2.97 bits per heavy atom. The normalized spacial score (nSPS) is 26.7. The molecule has 0 saturated carbocycles. The van der Waals surface area contributed by atoms with Gasteiger partial charge in [0.1, 0.15) is 21.5 Å². The highest BCUT2D eigenvalue weighted by atomic mass is 32.2. The molecule has 0 spiro atoms. The fourth-order valence-corrected chi connectivity index (χ4v) is 8.54. The third-order valence-corrected chi connectivity index (χ3v) is 10.2. The van der Waals surface area contributed by atoms with E-state index < -0.39 is 5.66 Å². The fraction of sp³-hybridized carbons (Fsp3) is 0.450. The van der Waals surface area contributed by atoms with Crippen molar-refractivity contribution in [1.29, 1.82) is 0 Å². The first kappa shape index (κ1) is 21.4. The molecule has 158 valence electrons. The molecule has 1 N–H and O–H groups in total. The molecule has 0 amide bonds. The quantitative estimate of drug-likeness (QED) is 0.360. The van der Waals surface area contributed by atoms with Crippen LogP contribution in [0.15, 0.2) is 38.9 Å². The maximum Gasteiger partial charge on any atom is 0.324 e. The molecular weight excluding hydrogens is 440 g/mol. The van der Waals surface area contributed by atoms with Gasteiger partial charge in [-0.15, -0.1) is 24.1 Å². The van der Waals surface area contributed by atoms with Gasteiger partial charge in [-0.05, 0) is 29.9 Å². The maximum atomic E-state index is 12.6. The zero-order valence-corrected chi connectivity index (χ0v) is 18.9. The number of ether oxygens (including phenoxy) is 1. The topological polar surface area (TPSA) is 86.9 Å². The van der Waals surface area contributed by atoms with Crippen molar-refractivity contribution in [2.24, 2.45) is 14.6 Å². The summed E-state index contributed by atoms with van der Waals surface area (Å²) in [6.07, 6.45) is 7.20. The Balaban J connectivity index is 1.31. The number of phenolic OH excluding ortho intramolecular Hbond substituents is 1. The summed E-state index contributed by atoms with van der Waals surface area (Å²) in [5.41, 5.74) is 0.307. The molecular formula is C20H22N4O3S3. The van der Waals surface area contributed by atoms with Gasteiger partial charge in [-0.2, -0.15) is 10.2 Å². The SMILES string of the molecule is C#CCCC1(CCOC(=O)[C@H]2CS[C@@H](S3=CSC(c4ccccc4O)=N3)N2C)N=N1. The molecule has 1 aromatic carbocycles. The van der Waals surface area contributed by atoms with Crippen LogP contribution in [0.1, 0.15) is 24.8 Å². The molecule has 4 rings (SSSR count). The smallest absolute Gasteiger partial charge is 0.324 e. The second-order valence-electron chi connectivity index (χ2n) is 7.10. The first-order valence-corrected chi connectivity index (χ1v) is 12.7. The average Bonchev–Trinajstić information content (AvgIpc) is 3.15.